The molecule has 0 fully saturated rings. The van der Waals surface area contributed by atoms with Crippen LogP contribution in [0, 0.1) is 0 Å². The fourth-order valence-electron chi connectivity index (χ4n) is 2.45. The number of hydrogen-bond acceptors (Lipinski definition) is 5. The van der Waals surface area contributed by atoms with Crippen LogP contribution in [0.4, 0.5) is 18.0 Å². The van der Waals surface area contributed by atoms with E-state index in [1.807, 2.05) is 0 Å². The van der Waals surface area contributed by atoms with Gasteiger partial charge in [-0.2, -0.15) is 13.2 Å². The van der Waals surface area contributed by atoms with Gasteiger partial charge in [-0.1, -0.05) is 0 Å². The Morgan fingerprint density at radius 2 is 1.83 bits per heavy atom. The highest BCUT2D eigenvalue weighted by Crippen LogP contribution is 2.39. The molecule has 0 spiro atoms. The lowest BCUT2D eigenvalue weighted by Gasteiger charge is -2.35. The van der Waals surface area contributed by atoms with Crippen LogP contribution in [0.5, 0.6) is 0 Å². The highest BCUT2D eigenvalue weighted by Gasteiger charge is 2.55. The molecule has 1 N–H and O–H groups in total. The number of carbonyl (C=O) groups excluding carboxylic acids is 1. The van der Waals surface area contributed by atoms with Crippen molar-refractivity contribution in [3.05, 3.63) is 11.6 Å². The summed E-state index contributed by atoms with van der Waals surface area (Å²) in [4.78, 5) is 13.5. The number of halogens is 3. The first-order valence-electron chi connectivity index (χ1n) is 7.45. The maximum atomic E-state index is 13.1. The molecular formula is C14H21F3N4O3. The molecule has 0 saturated carbocycles. The summed E-state index contributed by atoms with van der Waals surface area (Å²) >= 11 is 0. The van der Waals surface area contributed by atoms with Crippen molar-refractivity contribution < 1.29 is 27.8 Å². The summed E-state index contributed by atoms with van der Waals surface area (Å²) < 4.78 is 45.7. The second-order valence-electron chi connectivity index (χ2n) is 7.09. The van der Waals surface area contributed by atoms with Crippen molar-refractivity contribution in [3.63, 3.8) is 0 Å². The summed E-state index contributed by atoms with van der Waals surface area (Å²) in [5.41, 5.74) is -3.81. The third kappa shape index (κ3) is 3.33. The number of hydrogen-bond donors (Lipinski definition) is 1. The van der Waals surface area contributed by atoms with E-state index >= 15 is 0 Å². The summed E-state index contributed by atoms with van der Waals surface area (Å²) in [6.07, 6.45) is -5.47. The van der Waals surface area contributed by atoms with Crippen molar-refractivity contribution in [2.45, 2.75) is 64.6 Å². The first kappa shape index (κ1) is 18.5. The summed E-state index contributed by atoms with van der Waals surface area (Å²) in [5, 5.41) is 17.1. The van der Waals surface area contributed by atoms with E-state index in [0.29, 0.717) is 6.92 Å². The number of ether oxygens (including phenoxy) is 1. The van der Waals surface area contributed by atoms with E-state index in [9.17, 15) is 23.1 Å². The van der Waals surface area contributed by atoms with Crippen molar-refractivity contribution >= 4 is 6.09 Å². The third-order valence-corrected chi connectivity index (χ3v) is 3.66. The highest BCUT2D eigenvalue weighted by molar-refractivity contribution is 5.68. The Hall–Kier alpha value is -1.84. The van der Waals surface area contributed by atoms with E-state index in [0.717, 1.165) is 0 Å². The Kier molecular flexibility index (Phi) is 4.32. The van der Waals surface area contributed by atoms with Gasteiger partial charge in [-0.15, -0.1) is 10.2 Å². The topological polar surface area (TPSA) is 80.5 Å². The lowest BCUT2D eigenvalue weighted by Crippen LogP contribution is -2.46. The molecule has 1 aliphatic heterocycles. The number of carbonyl (C=O) groups is 1. The fraction of sp³-hybridized carbons (Fsp3) is 0.786. The summed E-state index contributed by atoms with van der Waals surface area (Å²) in [7, 11) is 0. The van der Waals surface area contributed by atoms with Gasteiger partial charge in [0.25, 0.3) is 0 Å². The zero-order chi connectivity index (χ0) is 18.5. The summed E-state index contributed by atoms with van der Waals surface area (Å²) in [6.45, 7) is 7.51. The number of aromatic nitrogens is 3. The minimum Gasteiger partial charge on any atom is -0.444 e. The predicted octanol–water partition coefficient (Wildman–Crippen LogP) is 2.36. The Morgan fingerprint density at radius 3 is 2.33 bits per heavy atom. The van der Waals surface area contributed by atoms with Gasteiger partial charge in [-0.3, -0.25) is 4.90 Å². The van der Waals surface area contributed by atoms with E-state index in [2.05, 4.69) is 10.2 Å². The maximum Gasteiger partial charge on any atom is 0.424 e. The van der Waals surface area contributed by atoms with Crippen molar-refractivity contribution in [1.29, 1.82) is 0 Å². The monoisotopic (exact) mass is 350 g/mol. The molecule has 0 saturated heterocycles. The number of amides is 1. The molecule has 7 nitrogen and oxygen atoms in total. The average Bonchev–Trinajstić information content (AvgIpc) is 2.80. The first-order chi connectivity index (χ1) is 10.7. The Labute approximate surface area is 137 Å². The number of nitrogens with zero attached hydrogens (tertiary/aromatic N) is 4. The standard InChI is InChI=1S/C14H21F3N4O3/c1-8-6-20(11(22)24-12(2,3)4)7-9-18-19-10(21(8)9)13(5,23)14(15,16)17/h8,23H,6-7H2,1-5H3/t8-,13?/m0/s1. The predicted molar refractivity (Wildman–Crippen MR) is 77.0 cm³/mol. The van der Waals surface area contributed by atoms with Gasteiger partial charge in [0.15, 0.2) is 11.6 Å². The molecule has 0 aromatic carbocycles. The van der Waals surface area contributed by atoms with Crippen LogP contribution in [0.1, 0.15) is 52.3 Å². The zero-order valence-corrected chi connectivity index (χ0v) is 14.2. The minimum atomic E-state index is -4.89. The van der Waals surface area contributed by atoms with Crippen molar-refractivity contribution in [1.82, 2.24) is 19.7 Å². The molecule has 2 rings (SSSR count). The first-order valence-corrected chi connectivity index (χ1v) is 7.45. The molecule has 1 aromatic heterocycles. The Balaban J connectivity index is 2.31. The smallest absolute Gasteiger partial charge is 0.424 e. The van der Waals surface area contributed by atoms with E-state index < -0.39 is 35.3 Å². The van der Waals surface area contributed by atoms with Crippen molar-refractivity contribution in [3.8, 4) is 0 Å². The molecular weight excluding hydrogens is 329 g/mol. The molecule has 24 heavy (non-hydrogen) atoms. The summed E-state index contributed by atoms with van der Waals surface area (Å²) in [5.74, 6) is -0.416. The molecule has 10 heteroatoms. The lowest BCUT2D eigenvalue weighted by molar-refractivity contribution is -0.263. The second kappa shape index (κ2) is 5.61. The second-order valence-corrected chi connectivity index (χ2v) is 7.09. The quantitative estimate of drug-likeness (QED) is 0.841. The van der Waals surface area contributed by atoms with Crippen LogP contribution in [0.25, 0.3) is 0 Å². The van der Waals surface area contributed by atoms with Gasteiger partial charge in [0.2, 0.25) is 5.60 Å². The Bertz CT molecular complexity index is 634. The highest BCUT2D eigenvalue weighted by atomic mass is 19.4. The van der Waals surface area contributed by atoms with E-state index in [-0.39, 0.29) is 18.9 Å². The normalized spacial score (nSPS) is 21.2. The van der Waals surface area contributed by atoms with Gasteiger partial charge < -0.3 is 14.4 Å². The molecule has 2 heterocycles. The number of alkyl halides is 3. The van der Waals surface area contributed by atoms with Crippen molar-refractivity contribution in [2.24, 2.45) is 0 Å². The molecule has 136 valence electrons. The third-order valence-electron chi connectivity index (χ3n) is 3.66. The van der Waals surface area contributed by atoms with Crippen LogP contribution < -0.4 is 0 Å². The van der Waals surface area contributed by atoms with Crippen LogP contribution in [0.15, 0.2) is 0 Å². The molecule has 0 aliphatic carbocycles. The van der Waals surface area contributed by atoms with Crippen LogP contribution in [-0.4, -0.2) is 49.2 Å². The average molecular weight is 350 g/mol. The largest absolute Gasteiger partial charge is 0.444 e. The SMILES string of the molecule is C[C@H]1CN(C(=O)OC(C)(C)C)Cc2nnc(C(C)(O)C(F)(F)F)n21. The van der Waals surface area contributed by atoms with Gasteiger partial charge in [0.1, 0.15) is 5.60 Å². The van der Waals surface area contributed by atoms with Crippen molar-refractivity contribution in [2.75, 3.05) is 6.54 Å². The van der Waals surface area contributed by atoms with Crippen LogP contribution in [-0.2, 0) is 16.9 Å². The molecule has 1 unspecified atom stereocenters. The van der Waals surface area contributed by atoms with E-state index in [1.54, 1.807) is 27.7 Å². The van der Waals surface area contributed by atoms with Gasteiger partial charge in [0, 0.05) is 6.54 Å². The van der Waals surface area contributed by atoms with Crippen LogP contribution >= 0.6 is 0 Å². The van der Waals surface area contributed by atoms with Crippen LogP contribution in [0.3, 0.4) is 0 Å². The van der Waals surface area contributed by atoms with Gasteiger partial charge in [0.05, 0.1) is 12.6 Å². The zero-order valence-electron chi connectivity index (χ0n) is 14.2. The number of aliphatic hydroxyl groups is 1. The minimum absolute atomic E-state index is 0.0415. The van der Waals surface area contributed by atoms with Gasteiger partial charge in [-0.05, 0) is 34.6 Å². The molecule has 1 aromatic rings. The number of fused-ring (bicyclic) bond motifs is 1. The number of rotatable bonds is 1. The van der Waals surface area contributed by atoms with E-state index in [4.69, 9.17) is 4.74 Å². The van der Waals surface area contributed by atoms with E-state index in [1.165, 1.54) is 9.47 Å². The fourth-order valence-corrected chi connectivity index (χ4v) is 2.45. The molecule has 0 bridgehead atoms. The molecule has 0 radical (unpaired) electrons. The summed E-state index contributed by atoms with van der Waals surface area (Å²) in [6, 6.07) is -0.542. The molecule has 1 amide bonds. The van der Waals surface area contributed by atoms with Crippen LogP contribution in [0.2, 0.25) is 0 Å². The molecule has 2 atom stereocenters. The lowest BCUT2D eigenvalue weighted by atomic mass is 10.0. The Morgan fingerprint density at radius 1 is 1.25 bits per heavy atom. The van der Waals surface area contributed by atoms with Gasteiger partial charge in [-0.25, -0.2) is 4.79 Å². The van der Waals surface area contributed by atoms with Gasteiger partial charge >= 0.3 is 12.3 Å². The maximum absolute atomic E-state index is 13.1. The molecule has 1 aliphatic rings.